The number of nitrogens with one attached hydrogen (secondary N) is 1. The molecular weight excluding hydrogens is 360 g/mol. The molecule has 2 aromatic heterocycles. The van der Waals surface area contributed by atoms with Crippen LogP contribution in [-0.2, 0) is 11.3 Å². The third kappa shape index (κ3) is 3.78. The van der Waals surface area contributed by atoms with Gasteiger partial charge in [-0.3, -0.25) is 14.7 Å². The Balaban J connectivity index is 0.000000706. The number of nitrogens with zero attached hydrogens (tertiary/aromatic N) is 5. The Kier molecular flexibility index (Phi) is 5.83. The van der Waals surface area contributed by atoms with Gasteiger partial charge < -0.3 is 10.0 Å². The molecule has 0 radical (unpaired) electrons. The number of carbonyl (C=O) groups is 2. The topological polar surface area (TPSA) is 117 Å². The molecule has 4 rings (SSSR count). The molecule has 0 saturated carbocycles. The fourth-order valence-corrected chi connectivity index (χ4v) is 3.34. The van der Waals surface area contributed by atoms with Crippen LogP contribution >= 0.6 is 0 Å². The van der Waals surface area contributed by atoms with E-state index in [1.165, 1.54) is 0 Å². The zero-order chi connectivity index (χ0) is 20.1. The molecule has 1 aliphatic rings. The van der Waals surface area contributed by atoms with Crippen molar-refractivity contribution in [1.82, 2.24) is 29.9 Å². The zero-order valence-corrected chi connectivity index (χ0v) is 15.7. The van der Waals surface area contributed by atoms with Crippen molar-refractivity contribution in [1.29, 1.82) is 0 Å². The van der Waals surface area contributed by atoms with Crippen molar-refractivity contribution in [2.24, 2.45) is 5.92 Å². The highest BCUT2D eigenvalue weighted by atomic mass is 16.3. The van der Waals surface area contributed by atoms with Gasteiger partial charge >= 0.3 is 0 Å². The fourth-order valence-electron chi connectivity index (χ4n) is 3.34. The minimum absolute atomic E-state index is 0.0493. The maximum Gasteiger partial charge on any atom is 0.290 e. The van der Waals surface area contributed by atoms with Gasteiger partial charge in [0.05, 0.1) is 12.6 Å². The van der Waals surface area contributed by atoms with Crippen LogP contribution < -0.4 is 0 Å². The second-order valence-corrected chi connectivity index (χ2v) is 6.65. The first-order valence-corrected chi connectivity index (χ1v) is 8.95. The van der Waals surface area contributed by atoms with Crippen LogP contribution in [0.3, 0.4) is 0 Å². The van der Waals surface area contributed by atoms with Crippen LogP contribution in [0, 0.1) is 5.92 Å². The van der Waals surface area contributed by atoms with Crippen molar-refractivity contribution in [3.8, 4) is 11.4 Å². The number of hydrogen-bond donors (Lipinski definition) is 2. The molecule has 28 heavy (non-hydrogen) atoms. The Labute approximate surface area is 162 Å². The number of fused-ring (bicyclic) bond motifs is 1. The molecule has 0 fully saturated rings. The number of hydrogen-bond acceptors (Lipinski definition) is 5. The van der Waals surface area contributed by atoms with E-state index in [0.717, 1.165) is 11.4 Å². The largest absolute Gasteiger partial charge is 0.483 e. The maximum absolute atomic E-state index is 12.9. The van der Waals surface area contributed by atoms with Gasteiger partial charge in [-0.2, -0.15) is 10.2 Å². The highest BCUT2D eigenvalue weighted by Crippen LogP contribution is 2.33. The van der Waals surface area contributed by atoms with Crippen molar-refractivity contribution < 1.29 is 14.7 Å². The molecule has 9 nitrogen and oxygen atoms in total. The highest BCUT2D eigenvalue weighted by Gasteiger charge is 2.36. The van der Waals surface area contributed by atoms with Crippen LogP contribution in [0.1, 0.15) is 36.2 Å². The predicted octanol–water partition coefficient (Wildman–Crippen LogP) is 2.22. The first-order chi connectivity index (χ1) is 13.6. The Morgan fingerprint density at radius 2 is 1.96 bits per heavy atom. The minimum Gasteiger partial charge on any atom is -0.483 e. The van der Waals surface area contributed by atoms with Gasteiger partial charge in [0.15, 0.2) is 11.6 Å². The quantitative estimate of drug-likeness (QED) is 0.671. The van der Waals surface area contributed by atoms with Gasteiger partial charge in [0.2, 0.25) is 0 Å². The average Bonchev–Trinajstić information content (AvgIpc) is 3.37. The van der Waals surface area contributed by atoms with Crippen LogP contribution in [-0.4, -0.2) is 53.9 Å². The third-order valence-electron chi connectivity index (χ3n) is 4.51. The van der Waals surface area contributed by atoms with Crippen LogP contribution in [0.25, 0.3) is 11.4 Å². The molecule has 0 unspecified atom stereocenters. The molecule has 1 aliphatic heterocycles. The van der Waals surface area contributed by atoms with E-state index in [9.17, 15) is 4.79 Å². The summed E-state index contributed by atoms with van der Waals surface area (Å²) >= 11 is 0. The molecule has 3 heterocycles. The number of H-pyrrole nitrogens is 1. The summed E-state index contributed by atoms with van der Waals surface area (Å²) in [7, 11) is 0. The summed E-state index contributed by atoms with van der Waals surface area (Å²) < 4.78 is 1.93. The molecule has 9 heteroatoms. The molecular formula is C19H22N6O3. The lowest BCUT2D eigenvalue weighted by Gasteiger charge is -2.37. The van der Waals surface area contributed by atoms with Gasteiger partial charge in [-0.1, -0.05) is 44.2 Å². The van der Waals surface area contributed by atoms with Crippen molar-refractivity contribution in [2.45, 2.75) is 26.4 Å². The molecule has 0 saturated heterocycles. The molecule has 0 aliphatic carbocycles. The van der Waals surface area contributed by atoms with Gasteiger partial charge in [0, 0.05) is 18.3 Å². The monoisotopic (exact) mass is 382 g/mol. The molecule has 1 aromatic carbocycles. The number of aromatic amines is 1. The summed E-state index contributed by atoms with van der Waals surface area (Å²) in [4.78, 5) is 27.9. The number of amides is 1. The molecule has 146 valence electrons. The molecule has 1 amide bonds. The number of carbonyl (C=O) groups excluding carboxylic acids is 1. The molecule has 0 spiro atoms. The van der Waals surface area contributed by atoms with Crippen LogP contribution in [0.4, 0.5) is 0 Å². The van der Waals surface area contributed by atoms with Crippen LogP contribution in [0.2, 0.25) is 0 Å². The van der Waals surface area contributed by atoms with Crippen LogP contribution in [0.15, 0.2) is 42.6 Å². The van der Waals surface area contributed by atoms with Crippen molar-refractivity contribution in [3.63, 3.8) is 0 Å². The SMILES string of the molecule is CC(C)[C@H]1c2nc(-c3ccccc3)nn2CCN1C(=O)c1ccn[nH]1.O=CO. The van der Waals surface area contributed by atoms with Crippen LogP contribution in [0.5, 0.6) is 0 Å². The number of carboxylic acid groups (broad SMARTS) is 1. The lowest BCUT2D eigenvalue weighted by molar-refractivity contribution is -0.122. The summed E-state index contributed by atoms with van der Waals surface area (Å²) in [5, 5.41) is 18.2. The minimum atomic E-state index is -0.250. The van der Waals surface area contributed by atoms with E-state index >= 15 is 0 Å². The number of aromatic nitrogens is 5. The molecule has 2 N–H and O–H groups in total. The summed E-state index contributed by atoms with van der Waals surface area (Å²) in [5.41, 5.74) is 1.49. The number of benzene rings is 1. The second-order valence-electron chi connectivity index (χ2n) is 6.65. The summed E-state index contributed by atoms with van der Waals surface area (Å²) in [6.07, 6.45) is 1.59. The second kappa shape index (κ2) is 8.47. The van der Waals surface area contributed by atoms with Crippen molar-refractivity contribution >= 4 is 12.4 Å². The standard InChI is InChI=1S/C18H20N6O.CH2O2/c1-12(2)15-17-20-16(13-6-4-3-5-7-13)22-24(17)11-10-23(15)18(25)14-8-9-19-21-14;2-1-3/h3-9,12,15H,10-11H2,1-2H3,(H,19,21);1H,(H,2,3)/t15-;/m0./s1. The van der Waals surface area contributed by atoms with E-state index in [1.807, 2.05) is 39.9 Å². The normalized spacial score (nSPS) is 15.5. The Morgan fingerprint density at radius 3 is 2.57 bits per heavy atom. The first-order valence-electron chi connectivity index (χ1n) is 8.95. The van der Waals surface area contributed by atoms with E-state index in [4.69, 9.17) is 14.9 Å². The molecule has 3 aromatic rings. The lowest BCUT2D eigenvalue weighted by Crippen LogP contribution is -2.44. The van der Waals surface area contributed by atoms with E-state index in [2.05, 4.69) is 29.1 Å². The predicted molar refractivity (Wildman–Crippen MR) is 101 cm³/mol. The first kappa shape index (κ1) is 19.3. The molecule has 0 bridgehead atoms. The van der Waals surface area contributed by atoms with E-state index in [-0.39, 0.29) is 24.3 Å². The Bertz CT molecular complexity index is 921. The maximum atomic E-state index is 12.9. The third-order valence-corrected chi connectivity index (χ3v) is 4.51. The summed E-state index contributed by atoms with van der Waals surface area (Å²) in [6.45, 7) is 5.19. The zero-order valence-electron chi connectivity index (χ0n) is 15.7. The van der Waals surface area contributed by atoms with Gasteiger partial charge in [0.25, 0.3) is 12.4 Å². The Hall–Kier alpha value is -3.49. The van der Waals surface area contributed by atoms with Gasteiger partial charge in [0.1, 0.15) is 5.69 Å². The summed E-state index contributed by atoms with van der Waals surface area (Å²) in [5.74, 6) is 1.72. The summed E-state index contributed by atoms with van der Waals surface area (Å²) in [6, 6.07) is 11.5. The van der Waals surface area contributed by atoms with Gasteiger partial charge in [-0.15, -0.1) is 0 Å². The van der Waals surface area contributed by atoms with E-state index in [1.54, 1.807) is 12.3 Å². The van der Waals surface area contributed by atoms with E-state index in [0.29, 0.717) is 24.6 Å². The lowest BCUT2D eigenvalue weighted by atomic mass is 9.99. The Morgan fingerprint density at radius 1 is 1.25 bits per heavy atom. The van der Waals surface area contributed by atoms with Crippen molar-refractivity contribution in [2.75, 3.05) is 6.54 Å². The molecule has 1 atom stereocenters. The average molecular weight is 382 g/mol. The van der Waals surface area contributed by atoms with Gasteiger partial charge in [-0.05, 0) is 12.0 Å². The van der Waals surface area contributed by atoms with Gasteiger partial charge in [-0.25, -0.2) is 9.67 Å². The highest BCUT2D eigenvalue weighted by molar-refractivity contribution is 5.92. The van der Waals surface area contributed by atoms with E-state index < -0.39 is 0 Å². The fraction of sp³-hybridized carbons (Fsp3) is 0.316. The number of rotatable bonds is 3. The van der Waals surface area contributed by atoms with Crippen molar-refractivity contribution in [3.05, 3.63) is 54.1 Å². The smallest absolute Gasteiger partial charge is 0.290 e.